The summed E-state index contributed by atoms with van der Waals surface area (Å²) >= 11 is 0. The van der Waals surface area contributed by atoms with Crippen molar-refractivity contribution in [2.45, 2.75) is 52.4 Å². The summed E-state index contributed by atoms with van der Waals surface area (Å²) in [4.78, 5) is 31.5. The molecule has 0 bridgehead atoms. The van der Waals surface area contributed by atoms with Crippen LogP contribution in [0.1, 0.15) is 52.4 Å². The maximum Gasteiger partial charge on any atom is 0.305 e. The molecule has 0 aromatic rings. The van der Waals surface area contributed by atoms with Gasteiger partial charge in [-0.25, -0.2) is 0 Å². The van der Waals surface area contributed by atoms with Crippen molar-refractivity contribution in [1.29, 1.82) is 0 Å². The molecule has 1 amide bonds. The zero-order chi connectivity index (χ0) is 16.5. The molecule has 4 N–H and O–H groups in total. The number of primary amides is 1. The minimum Gasteiger partial charge on any atom is -0.466 e. The van der Waals surface area contributed by atoms with Gasteiger partial charge in [-0.3, -0.25) is 14.4 Å². The highest BCUT2D eigenvalue weighted by Gasteiger charge is 2.01. The van der Waals surface area contributed by atoms with Gasteiger partial charge in [0.1, 0.15) is 0 Å². The molecule has 0 spiro atoms. The van der Waals surface area contributed by atoms with Crippen molar-refractivity contribution >= 4 is 17.8 Å². The Bertz CT molecular complexity index is 295. The second-order valence-electron chi connectivity index (χ2n) is 4.18. The first-order valence-corrected chi connectivity index (χ1v) is 7.27. The Morgan fingerprint density at radius 2 is 1.24 bits per heavy atom. The number of hydrogen-bond donors (Lipinski definition) is 2. The van der Waals surface area contributed by atoms with Crippen LogP contribution in [0.15, 0.2) is 0 Å². The first kappa shape index (κ1) is 21.7. The standard InChI is InChI=1S/C8H15NO3.C6H13NO2/c1-2-12-8(11)6-4-3-5-7(9)10;1-2-9-6(8)4-3-5-7/h2-6H2,1H3,(H2,9,10);2-5,7H2,1H3. The monoisotopic (exact) mass is 304 g/mol. The van der Waals surface area contributed by atoms with E-state index in [4.69, 9.17) is 16.2 Å². The molecule has 0 saturated carbocycles. The molecule has 0 aliphatic rings. The molecular weight excluding hydrogens is 276 g/mol. The van der Waals surface area contributed by atoms with Gasteiger partial charge in [-0.2, -0.15) is 0 Å². The van der Waals surface area contributed by atoms with Gasteiger partial charge in [0.25, 0.3) is 0 Å². The number of carbonyl (C=O) groups excluding carboxylic acids is 3. The Kier molecular flexibility index (Phi) is 16.9. The van der Waals surface area contributed by atoms with Crippen LogP contribution in [-0.4, -0.2) is 37.6 Å². The van der Waals surface area contributed by atoms with E-state index in [0.29, 0.717) is 51.9 Å². The van der Waals surface area contributed by atoms with E-state index in [1.165, 1.54) is 0 Å². The number of hydrogen-bond acceptors (Lipinski definition) is 6. The van der Waals surface area contributed by atoms with Gasteiger partial charge in [0.15, 0.2) is 0 Å². The topological polar surface area (TPSA) is 122 Å². The quantitative estimate of drug-likeness (QED) is 0.456. The average molecular weight is 304 g/mol. The van der Waals surface area contributed by atoms with E-state index in [1.807, 2.05) is 0 Å². The van der Waals surface area contributed by atoms with Crippen molar-refractivity contribution in [2.75, 3.05) is 19.8 Å². The molecule has 0 heterocycles. The van der Waals surface area contributed by atoms with Gasteiger partial charge >= 0.3 is 11.9 Å². The molecule has 0 aromatic carbocycles. The Hall–Kier alpha value is -1.63. The maximum atomic E-state index is 10.7. The number of rotatable bonds is 10. The van der Waals surface area contributed by atoms with Crippen molar-refractivity contribution in [3.8, 4) is 0 Å². The molecule has 0 aliphatic carbocycles. The second-order valence-corrected chi connectivity index (χ2v) is 4.18. The minimum absolute atomic E-state index is 0.150. The summed E-state index contributed by atoms with van der Waals surface area (Å²) in [5, 5.41) is 0. The summed E-state index contributed by atoms with van der Waals surface area (Å²) < 4.78 is 9.34. The van der Waals surface area contributed by atoms with Crippen LogP contribution in [0.3, 0.4) is 0 Å². The predicted molar refractivity (Wildman–Crippen MR) is 79.2 cm³/mol. The van der Waals surface area contributed by atoms with Crippen molar-refractivity contribution in [3.63, 3.8) is 0 Å². The molecule has 0 unspecified atom stereocenters. The Morgan fingerprint density at radius 1 is 0.810 bits per heavy atom. The predicted octanol–water partition coefficient (Wildman–Crippen LogP) is 0.884. The fraction of sp³-hybridized carbons (Fsp3) is 0.786. The zero-order valence-electron chi connectivity index (χ0n) is 13.1. The van der Waals surface area contributed by atoms with Crippen molar-refractivity contribution in [2.24, 2.45) is 11.5 Å². The zero-order valence-corrected chi connectivity index (χ0v) is 13.1. The van der Waals surface area contributed by atoms with Crippen LogP contribution >= 0.6 is 0 Å². The summed E-state index contributed by atoms with van der Waals surface area (Å²) in [6, 6.07) is 0. The smallest absolute Gasteiger partial charge is 0.305 e. The Balaban J connectivity index is 0. The maximum absolute atomic E-state index is 10.7. The van der Waals surface area contributed by atoms with E-state index in [2.05, 4.69) is 4.74 Å². The lowest BCUT2D eigenvalue weighted by atomic mass is 10.2. The van der Waals surface area contributed by atoms with Crippen molar-refractivity contribution in [3.05, 3.63) is 0 Å². The highest BCUT2D eigenvalue weighted by Crippen LogP contribution is 2.00. The van der Waals surface area contributed by atoms with E-state index >= 15 is 0 Å². The van der Waals surface area contributed by atoms with Crippen LogP contribution in [-0.2, 0) is 23.9 Å². The van der Waals surface area contributed by atoms with Gasteiger partial charge in [0.2, 0.25) is 5.91 Å². The summed E-state index contributed by atoms with van der Waals surface area (Å²) in [6.07, 6.45) is 3.22. The summed E-state index contributed by atoms with van der Waals surface area (Å²) in [5.41, 5.74) is 10.1. The first-order chi connectivity index (χ1) is 9.97. The number of ether oxygens (including phenoxy) is 2. The lowest BCUT2D eigenvalue weighted by molar-refractivity contribution is -0.144. The van der Waals surface area contributed by atoms with E-state index in [9.17, 15) is 14.4 Å². The van der Waals surface area contributed by atoms with Gasteiger partial charge in [0.05, 0.1) is 13.2 Å². The van der Waals surface area contributed by atoms with E-state index in [0.717, 1.165) is 6.42 Å². The van der Waals surface area contributed by atoms with Crippen LogP contribution in [0.2, 0.25) is 0 Å². The Morgan fingerprint density at radius 3 is 1.62 bits per heavy atom. The summed E-state index contributed by atoms with van der Waals surface area (Å²) in [6.45, 7) is 4.98. The van der Waals surface area contributed by atoms with Gasteiger partial charge in [-0.1, -0.05) is 0 Å². The third kappa shape index (κ3) is 20.8. The number of carbonyl (C=O) groups is 3. The van der Waals surface area contributed by atoms with Gasteiger partial charge in [-0.15, -0.1) is 0 Å². The molecule has 0 fully saturated rings. The van der Waals surface area contributed by atoms with Crippen molar-refractivity contribution < 1.29 is 23.9 Å². The SMILES string of the molecule is CCOC(=O)CCCCC(N)=O.CCOC(=O)CCCN. The van der Waals surface area contributed by atoms with E-state index < -0.39 is 0 Å². The molecular formula is C14H28N2O5. The largest absolute Gasteiger partial charge is 0.466 e. The lowest BCUT2D eigenvalue weighted by Crippen LogP contribution is -2.10. The van der Waals surface area contributed by atoms with Crippen LogP contribution < -0.4 is 11.5 Å². The molecule has 0 radical (unpaired) electrons. The van der Waals surface area contributed by atoms with Crippen LogP contribution in [0.5, 0.6) is 0 Å². The number of esters is 2. The molecule has 7 nitrogen and oxygen atoms in total. The molecule has 7 heteroatoms. The van der Waals surface area contributed by atoms with E-state index in [1.54, 1.807) is 13.8 Å². The number of amides is 1. The van der Waals surface area contributed by atoms with Gasteiger partial charge < -0.3 is 20.9 Å². The number of nitrogens with two attached hydrogens (primary N) is 2. The molecule has 0 aromatic heterocycles. The van der Waals surface area contributed by atoms with Crippen LogP contribution in [0.25, 0.3) is 0 Å². The van der Waals surface area contributed by atoms with Crippen LogP contribution in [0.4, 0.5) is 0 Å². The molecule has 0 rings (SSSR count). The van der Waals surface area contributed by atoms with Crippen molar-refractivity contribution in [1.82, 2.24) is 0 Å². The van der Waals surface area contributed by atoms with E-state index in [-0.39, 0.29) is 17.8 Å². The highest BCUT2D eigenvalue weighted by molar-refractivity contribution is 5.73. The third-order valence-electron chi connectivity index (χ3n) is 2.25. The third-order valence-corrected chi connectivity index (χ3v) is 2.25. The molecule has 21 heavy (non-hydrogen) atoms. The normalized spacial score (nSPS) is 9.29. The lowest BCUT2D eigenvalue weighted by Gasteiger charge is -1.99. The summed E-state index contributed by atoms with van der Waals surface area (Å²) in [7, 11) is 0. The minimum atomic E-state index is -0.321. The second kappa shape index (κ2) is 16.4. The fourth-order valence-electron chi connectivity index (χ4n) is 1.28. The Labute approximate surface area is 126 Å². The average Bonchev–Trinajstić information content (AvgIpc) is 2.42. The van der Waals surface area contributed by atoms with Crippen LogP contribution in [0, 0.1) is 0 Å². The molecule has 0 saturated heterocycles. The fourth-order valence-corrected chi connectivity index (χ4v) is 1.28. The molecule has 124 valence electrons. The van der Waals surface area contributed by atoms with Gasteiger partial charge in [0, 0.05) is 19.3 Å². The highest BCUT2D eigenvalue weighted by atomic mass is 16.5. The first-order valence-electron chi connectivity index (χ1n) is 7.27. The molecule has 0 atom stereocenters. The number of unbranched alkanes of at least 4 members (excludes halogenated alkanes) is 1. The summed E-state index contributed by atoms with van der Waals surface area (Å²) in [5.74, 6) is -0.677. The van der Waals surface area contributed by atoms with Gasteiger partial charge in [-0.05, 0) is 39.7 Å². The molecule has 0 aliphatic heterocycles.